The predicted octanol–water partition coefficient (Wildman–Crippen LogP) is 2.48. The second-order valence-electron chi connectivity index (χ2n) is 6.69. The highest BCUT2D eigenvalue weighted by Crippen LogP contribution is 2.28. The monoisotopic (exact) mass is 389 g/mol. The van der Waals surface area contributed by atoms with E-state index in [1.807, 2.05) is 0 Å². The van der Waals surface area contributed by atoms with Gasteiger partial charge in [0.2, 0.25) is 0 Å². The van der Waals surface area contributed by atoms with Gasteiger partial charge in [0.1, 0.15) is 0 Å². The van der Waals surface area contributed by atoms with Gasteiger partial charge in [0.25, 0.3) is 5.91 Å². The lowest BCUT2D eigenvalue weighted by atomic mass is 10.1. The maximum atomic E-state index is 12.7. The molecule has 1 unspecified atom stereocenters. The number of thiophene rings is 1. The predicted molar refractivity (Wildman–Crippen MR) is 108 cm³/mol. The first kappa shape index (κ1) is 19.7. The summed E-state index contributed by atoms with van der Waals surface area (Å²) in [4.78, 5) is 17.5. The Bertz CT molecular complexity index is 743. The minimum absolute atomic E-state index is 0.106. The Morgan fingerprint density at radius 1 is 1.15 bits per heavy atom. The molecule has 0 bridgehead atoms. The first-order valence-electron chi connectivity index (χ1n) is 9.07. The number of ether oxygens (including phenoxy) is 2. The van der Waals surface area contributed by atoms with Gasteiger partial charge in [-0.15, -0.1) is 0 Å². The van der Waals surface area contributed by atoms with Crippen LogP contribution in [0, 0.1) is 0 Å². The van der Waals surface area contributed by atoms with Gasteiger partial charge in [0.05, 0.1) is 20.3 Å². The molecule has 146 valence electrons. The van der Waals surface area contributed by atoms with Gasteiger partial charge in [0, 0.05) is 38.3 Å². The zero-order chi connectivity index (χ0) is 19.2. The lowest BCUT2D eigenvalue weighted by Gasteiger charge is -2.38. The highest BCUT2D eigenvalue weighted by Gasteiger charge is 2.25. The number of carbonyl (C=O) groups is 1. The molecule has 1 aromatic heterocycles. The molecule has 1 aliphatic rings. The van der Waals surface area contributed by atoms with E-state index in [-0.39, 0.29) is 11.9 Å². The van der Waals surface area contributed by atoms with Crippen molar-refractivity contribution < 1.29 is 14.3 Å². The van der Waals surface area contributed by atoms with Crippen LogP contribution in [-0.2, 0) is 0 Å². The van der Waals surface area contributed by atoms with Gasteiger partial charge in [-0.2, -0.15) is 11.3 Å². The summed E-state index contributed by atoms with van der Waals surface area (Å²) in [7, 11) is 5.30. The molecule has 7 heteroatoms. The fourth-order valence-corrected chi connectivity index (χ4v) is 4.03. The van der Waals surface area contributed by atoms with Crippen molar-refractivity contribution in [2.24, 2.45) is 0 Å². The quantitative estimate of drug-likeness (QED) is 0.789. The van der Waals surface area contributed by atoms with Gasteiger partial charge < -0.3 is 19.7 Å². The third-order valence-electron chi connectivity index (χ3n) is 5.01. The summed E-state index contributed by atoms with van der Waals surface area (Å²) in [6.07, 6.45) is 0. The van der Waals surface area contributed by atoms with Crippen molar-refractivity contribution in [2.45, 2.75) is 6.04 Å². The fraction of sp³-hybridized carbons (Fsp3) is 0.450. The van der Waals surface area contributed by atoms with Crippen LogP contribution in [0.5, 0.6) is 11.5 Å². The molecule has 6 nitrogen and oxygen atoms in total. The Morgan fingerprint density at radius 2 is 1.89 bits per heavy atom. The van der Waals surface area contributed by atoms with Crippen LogP contribution in [-0.4, -0.2) is 69.7 Å². The van der Waals surface area contributed by atoms with Crippen LogP contribution in [0.3, 0.4) is 0 Å². The normalized spacial score (nSPS) is 16.7. The van der Waals surface area contributed by atoms with Gasteiger partial charge in [-0.25, -0.2) is 0 Å². The molecule has 2 heterocycles. The number of nitrogens with zero attached hydrogens (tertiary/aromatic N) is 2. The molecule has 0 aliphatic carbocycles. The zero-order valence-corrected chi connectivity index (χ0v) is 16.9. The first-order chi connectivity index (χ1) is 13.1. The lowest BCUT2D eigenvalue weighted by Crippen LogP contribution is -2.48. The third kappa shape index (κ3) is 4.80. The number of hydrogen-bond acceptors (Lipinski definition) is 6. The summed E-state index contributed by atoms with van der Waals surface area (Å²) >= 11 is 1.69. The van der Waals surface area contributed by atoms with Crippen LogP contribution in [0.25, 0.3) is 0 Å². The topological polar surface area (TPSA) is 54.0 Å². The maximum absolute atomic E-state index is 12.7. The Morgan fingerprint density at radius 3 is 2.52 bits per heavy atom. The van der Waals surface area contributed by atoms with Gasteiger partial charge in [-0.05, 0) is 47.6 Å². The summed E-state index contributed by atoms with van der Waals surface area (Å²) in [5.74, 6) is 1.06. The number of piperazine rings is 1. The second-order valence-corrected chi connectivity index (χ2v) is 7.47. The van der Waals surface area contributed by atoms with E-state index in [0.29, 0.717) is 23.6 Å². The van der Waals surface area contributed by atoms with Gasteiger partial charge >= 0.3 is 0 Å². The van der Waals surface area contributed by atoms with Crippen LogP contribution in [0.1, 0.15) is 22.0 Å². The van der Waals surface area contributed by atoms with E-state index in [2.05, 4.69) is 39.0 Å². The molecule has 1 saturated heterocycles. The molecule has 2 aromatic rings. The third-order valence-corrected chi connectivity index (χ3v) is 5.71. The van der Waals surface area contributed by atoms with Crippen molar-refractivity contribution in [1.29, 1.82) is 0 Å². The van der Waals surface area contributed by atoms with Crippen molar-refractivity contribution in [2.75, 3.05) is 54.0 Å². The van der Waals surface area contributed by atoms with E-state index in [1.54, 1.807) is 43.8 Å². The minimum atomic E-state index is -0.106. The van der Waals surface area contributed by atoms with Crippen molar-refractivity contribution in [3.63, 3.8) is 0 Å². The Balaban J connectivity index is 1.69. The molecule has 1 aromatic carbocycles. The van der Waals surface area contributed by atoms with E-state index in [9.17, 15) is 4.79 Å². The number of likely N-dealkylation sites (N-methyl/N-ethyl adjacent to an activating group) is 1. The van der Waals surface area contributed by atoms with Crippen molar-refractivity contribution >= 4 is 17.2 Å². The van der Waals surface area contributed by atoms with Gasteiger partial charge in [-0.1, -0.05) is 0 Å². The lowest BCUT2D eigenvalue weighted by molar-refractivity contribution is 0.0886. The molecule has 1 atom stereocenters. The molecule has 1 fully saturated rings. The SMILES string of the molecule is COc1ccc(C(=O)NCC(c2ccsc2)N2CCN(C)CC2)cc1OC. The average Bonchev–Trinajstić information content (AvgIpc) is 3.23. The van der Waals surface area contributed by atoms with Gasteiger partial charge in [0.15, 0.2) is 11.5 Å². The molecule has 0 spiro atoms. The van der Waals surface area contributed by atoms with Crippen molar-refractivity contribution in [3.8, 4) is 11.5 Å². The maximum Gasteiger partial charge on any atom is 0.251 e. The standard InChI is InChI=1S/C20H27N3O3S/c1-22-7-9-23(10-8-22)17(16-6-11-27-14-16)13-21-20(24)15-4-5-18(25-2)19(12-15)26-3/h4-6,11-12,14,17H,7-10,13H2,1-3H3,(H,21,24). The first-order valence-corrected chi connectivity index (χ1v) is 10.0. The van der Waals surface area contributed by atoms with Crippen LogP contribution < -0.4 is 14.8 Å². The van der Waals surface area contributed by atoms with Crippen LogP contribution in [0.2, 0.25) is 0 Å². The Hall–Kier alpha value is -2.09. The van der Waals surface area contributed by atoms with Gasteiger partial charge in [-0.3, -0.25) is 9.69 Å². The number of carbonyl (C=O) groups excluding carboxylic acids is 1. The van der Waals surface area contributed by atoms with E-state index in [4.69, 9.17) is 9.47 Å². The van der Waals surface area contributed by atoms with Crippen molar-refractivity contribution in [3.05, 3.63) is 46.2 Å². The number of hydrogen-bond donors (Lipinski definition) is 1. The molecule has 1 amide bonds. The van der Waals surface area contributed by atoms with Crippen LogP contribution >= 0.6 is 11.3 Å². The molecular formula is C20H27N3O3S. The number of nitrogens with one attached hydrogen (secondary N) is 1. The summed E-state index contributed by atoms with van der Waals surface area (Å²) in [6.45, 7) is 4.68. The molecule has 1 aliphatic heterocycles. The number of methoxy groups -OCH3 is 2. The molecule has 27 heavy (non-hydrogen) atoms. The largest absolute Gasteiger partial charge is 0.493 e. The Kier molecular flexibility index (Phi) is 6.71. The van der Waals surface area contributed by atoms with E-state index in [1.165, 1.54) is 5.56 Å². The summed E-state index contributed by atoms with van der Waals surface area (Å²) < 4.78 is 10.5. The van der Waals surface area contributed by atoms with E-state index < -0.39 is 0 Å². The second kappa shape index (κ2) is 9.21. The zero-order valence-electron chi connectivity index (χ0n) is 16.1. The highest BCUT2D eigenvalue weighted by atomic mass is 32.1. The van der Waals surface area contributed by atoms with Crippen molar-refractivity contribution in [1.82, 2.24) is 15.1 Å². The van der Waals surface area contributed by atoms with E-state index >= 15 is 0 Å². The summed E-state index contributed by atoms with van der Waals surface area (Å²) in [5, 5.41) is 7.36. The summed E-state index contributed by atoms with van der Waals surface area (Å²) in [5.41, 5.74) is 1.83. The molecule has 0 saturated carbocycles. The summed E-state index contributed by atoms with van der Waals surface area (Å²) in [6, 6.07) is 7.56. The highest BCUT2D eigenvalue weighted by molar-refractivity contribution is 7.07. The number of benzene rings is 1. The number of rotatable bonds is 7. The minimum Gasteiger partial charge on any atom is -0.493 e. The fourth-order valence-electron chi connectivity index (χ4n) is 3.32. The van der Waals surface area contributed by atoms with E-state index in [0.717, 1.165) is 26.2 Å². The molecular weight excluding hydrogens is 362 g/mol. The van der Waals surface area contributed by atoms with Crippen LogP contribution in [0.15, 0.2) is 35.0 Å². The molecule has 1 N–H and O–H groups in total. The number of amides is 1. The Labute approximate surface area is 164 Å². The molecule has 3 rings (SSSR count). The average molecular weight is 390 g/mol. The van der Waals surface area contributed by atoms with Crippen LogP contribution in [0.4, 0.5) is 0 Å². The molecule has 0 radical (unpaired) electrons. The smallest absolute Gasteiger partial charge is 0.251 e.